The van der Waals surface area contributed by atoms with E-state index >= 15 is 0 Å². The van der Waals surface area contributed by atoms with Crippen molar-refractivity contribution >= 4 is 17.6 Å². The molecule has 5 heteroatoms. The molecule has 0 N–H and O–H groups in total. The van der Waals surface area contributed by atoms with Crippen molar-refractivity contribution in [2.75, 3.05) is 11.4 Å². The molecular weight excluding hydrogens is 268 g/mol. The molecule has 1 aliphatic heterocycles. The smallest absolute Gasteiger partial charge is 0.312 e. The predicted molar refractivity (Wildman–Crippen MR) is 77.4 cm³/mol. The standard InChI is InChI=1S/C16H18N2O3/c1-3-12-6-4-5-7-14(12)18-10-13(8-15(18)19)16(20)21-11(2)9-17/h4-7,11,13H,3,8,10H2,1-2H3/t11-,13+/m0/s1. The van der Waals surface area contributed by atoms with Gasteiger partial charge >= 0.3 is 5.97 Å². The lowest BCUT2D eigenvalue weighted by molar-refractivity contribution is -0.150. The second-order valence-corrected chi connectivity index (χ2v) is 5.10. The number of hydrogen-bond acceptors (Lipinski definition) is 4. The van der Waals surface area contributed by atoms with Gasteiger partial charge in [0.25, 0.3) is 0 Å². The number of para-hydroxylation sites is 1. The molecule has 0 spiro atoms. The lowest BCUT2D eigenvalue weighted by Crippen LogP contribution is -2.28. The van der Waals surface area contributed by atoms with Crippen molar-refractivity contribution < 1.29 is 14.3 Å². The monoisotopic (exact) mass is 286 g/mol. The molecule has 2 atom stereocenters. The summed E-state index contributed by atoms with van der Waals surface area (Å²) in [4.78, 5) is 25.7. The first-order valence-electron chi connectivity index (χ1n) is 7.05. The molecule has 1 aromatic rings. The van der Waals surface area contributed by atoms with Gasteiger partial charge in [-0.15, -0.1) is 0 Å². The van der Waals surface area contributed by atoms with Gasteiger partial charge in [0, 0.05) is 18.7 Å². The number of ether oxygens (including phenoxy) is 1. The lowest BCUT2D eigenvalue weighted by atomic mass is 10.1. The fourth-order valence-electron chi connectivity index (χ4n) is 2.47. The van der Waals surface area contributed by atoms with Gasteiger partial charge in [0.1, 0.15) is 6.07 Å². The van der Waals surface area contributed by atoms with E-state index in [1.807, 2.05) is 37.3 Å². The molecule has 1 heterocycles. The second kappa shape index (κ2) is 6.40. The number of rotatable bonds is 4. The summed E-state index contributed by atoms with van der Waals surface area (Å²) in [5.41, 5.74) is 1.93. The van der Waals surface area contributed by atoms with Gasteiger partial charge in [0.05, 0.1) is 5.92 Å². The molecule has 1 aliphatic rings. The number of nitrogens with zero attached hydrogens (tertiary/aromatic N) is 2. The highest BCUT2D eigenvalue weighted by Gasteiger charge is 2.37. The average molecular weight is 286 g/mol. The molecule has 1 aromatic carbocycles. The van der Waals surface area contributed by atoms with Crippen LogP contribution in [0.5, 0.6) is 0 Å². The van der Waals surface area contributed by atoms with E-state index in [0.717, 1.165) is 17.7 Å². The number of carbonyl (C=O) groups is 2. The minimum Gasteiger partial charge on any atom is -0.447 e. The van der Waals surface area contributed by atoms with Gasteiger partial charge in [-0.1, -0.05) is 25.1 Å². The van der Waals surface area contributed by atoms with E-state index in [4.69, 9.17) is 10.00 Å². The van der Waals surface area contributed by atoms with Crippen LogP contribution in [0, 0.1) is 17.2 Å². The van der Waals surface area contributed by atoms with E-state index in [0.29, 0.717) is 6.54 Å². The van der Waals surface area contributed by atoms with Crippen molar-refractivity contribution in [2.24, 2.45) is 5.92 Å². The van der Waals surface area contributed by atoms with Crippen LogP contribution in [0.4, 0.5) is 5.69 Å². The number of aryl methyl sites for hydroxylation is 1. The van der Waals surface area contributed by atoms with Crippen LogP contribution in [0.1, 0.15) is 25.8 Å². The normalized spacial score (nSPS) is 19.2. The van der Waals surface area contributed by atoms with Crippen LogP contribution < -0.4 is 4.90 Å². The Morgan fingerprint density at radius 1 is 1.52 bits per heavy atom. The van der Waals surface area contributed by atoms with Crippen LogP contribution in [0.3, 0.4) is 0 Å². The number of benzene rings is 1. The van der Waals surface area contributed by atoms with Crippen molar-refractivity contribution in [3.05, 3.63) is 29.8 Å². The molecule has 0 aliphatic carbocycles. The summed E-state index contributed by atoms with van der Waals surface area (Å²) >= 11 is 0. The fraction of sp³-hybridized carbons (Fsp3) is 0.438. The zero-order chi connectivity index (χ0) is 15.4. The molecule has 0 aromatic heterocycles. The number of amides is 1. The van der Waals surface area contributed by atoms with Crippen molar-refractivity contribution in [1.82, 2.24) is 0 Å². The van der Waals surface area contributed by atoms with Crippen LogP contribution in [0.15, 0.2) is 24.3 Å². The molecule has 1 saturated heterocycles. The Morgan fingerprint density at radius 2 is 2.24 bits per heavy atom. The van der Waals surface area contributed by atoms with Gasteiger partial charge in [0.2, 0.25) is 5.91 Å². The molecule has 5 nitrogen and oxygen atoms in total. The zero-order valence-electron chi connectivity index (χ0n) is 12.2. The van der Waals surface area contributed by atoms with Crippen molar-refractivity contribution in [2.45, 2.75) is 32.8 Å². The van der Waals surface area contributed by atoms with Crippen LogP contribution in [0.2, 0.25) is 0 Å². The Kier molecular flexibility index (Phi) is 4.59. The highest BCUT2D eigenvalue weighted by atomic mass is 16.5. The summed E-state index contributed by atoms with van der Waals surface area (Å²) in [5.74, 6) is -1.06. The first-order chi connectivity index (χ1) is 10.1. The summed E-state index contributed by atoms with van der Waals surface area (Å²) in [6.45, 7) is 3.85. The molecule has 0 saturated carbocycles. The number of nitriles is 1. The van der Waals surface area contributed by atoms with Crippen molar-refractivity contribution in [3.63, 3.8) is 0 Å². The molecular formula is C16H18N2O3. The third-order valence-corrected chi connectivity index (χ3v) is 3.60. The number of esters is 1. The maximum Gasteiger partial charge on any atom is 0.312 e. The van der Waals surface area contributed by atoms with Crippen LogP contribution in [-0.4, -0.2) is 24.5 Å². The number of hydrogen-bond donors (Lipinski definition) is 0. The molecule has 2 rings (SSSR count). The second-order valence-electron chi connectivity index (χ2n) is 5.10. The molecule has 0 unspecified atom stereocenters. The maximum atomic E-state index is 12.2. The molecule has 110 valence electrons. The Morgan fingerprint density at radius 3 is 2.90 bits per heavy atom. The fourth-order valence-corrected chi connectivity index (χ4v) is 2.47. The van der Waals surface area contributed by atoms with Gasteiger partial charge in [-0.3, -0.25) is 9.59 Å². The van der Waals surface area contributed by atoms with E-state index in [1.54, 1.807) is 4.90 Å². The Labute approximate surface area is 124 Å². The zero-order valence-corrected chi connectivity index (χ0v) is 12.2. The van der Waals surface area contributed by atoms with Crippen LogP contribution >= 0.6 is 0 Å². The highest BCUT2D eigenvalue weighted by Crippen LogP contribution is 2.29. The summed E-state index contributed by atoms with van der Waals surface area (Å²) in [7, 11) is 0. The third-order valence-electron chi connectivity index (χ3n) is 3.60. The topological polar surface area (TPSA) is 70.4 Å². The predicted octanol–water partition coefficient (Wildman–Crippen LogP) is 2.06. The van der Waals surface area contributed by atoms with E-state index in [1.165, 1.54) is 6.92 Å². The van der Waals surface area contributed by atoms with Gasteiger partial charge in [-0.05, 0) is 25.0 Å². The summed E-state index contributed by atoms with van der Waals surface area (Å²) < 4.78 is 4.99. The van der Waals surface area contributed by atoms with E-state index in [2.05, 4.69) is 0 Å². The van der Waals surface area contributed by atoms with Crippen molar-refractivity contribution in [3.8, 4) is 6.07 Å². The molecule has 1 amide bonds. The lowest BCUT2D eigenvalue weighted by Gasteiger charge is -2.19. The molecule has 21 heavy (non-hydrogen) atoms. The van der Waals surface area contributed by atoms with Crippen molar-refractivity contribution in [1.29, 1.82) is 5.26 Å². The van der Waals surface area contributed by atoms with Gasteiger partial charge in [-0.25, -0.2) is 0 Å². The van der Waals surface area contributed by atoms with Crippen LogP contribution in [0.25, 0.3) is 0 Å². The maximum absolute atomic E-state index is 12.2. The summed E-state index contributed by atoms with van der Waals surface area (Å²) in [6.07, 6.45) is 0.167. The first kappa shape index (κ1) is 15.0. The van der Waals surface area contributed by atoms with Crippen LogP contribution in [-0.2, 0) is 20.7 Å². The van der Waals surface area contributed by atoms with E-state index in [-0.39, 0.29) is 12.3 Å². The molecule has 1 fully saturated rings. The third kappa shape index (κ3) is 3.22. The Hall–Kier alpha value is -2.35. The average Bonchev–Trinajstić information content (AvgIpc) is 2.89. The summed E-state index contributed by atoms with van der Waals surface area (Å²) in [5, 5.41) is 8.67. The van der Waals surface area contributed by atoms with Gasteiger partial charge < -0.3 is 9.64 Å². The Balaban J connectivity index is 2.13. The molecule has 0 radical (unpaired) electrons. The molecule has 0 bridgehead atoms. The first-order valence-corrected chi connectivity index (χ1v) is 7.05. The minimum atomic E-state index is -0.787. The van der Waals surface area contributed by atoms with Gasteiger partial charge in [0.15, 0.2) is 6.10 Å². The largest absolute Gasteiger partial charge is 0.447 e. The van der Waals surface area contributed by atoms with E-state index in [9.17, 15) is 9.59 Å². The highest BCUT2D eigenvalue weighted by molar-refractivity contribution is 6.00. The summed E-state index contributed by atoms with van der Waals surface area (Å²) in [6, 6.07) is 9.53. The SMILES string of the molecule is CCc1ccccc1N1C[C@H](C(=O)O[C@@H](C)C#N)CC1=O. The quantitative estimate of drug-likeness (QED) is 0.794. The number of carbonyl (C=O) groups excluding carboxylic acids is 2. The minimum absolute atomic E-state index is 0.0811. The van der Waals surface area contributed by atoms with E-state index < -0.39 is 18.0 Å². The Bertz CT molecular complexity index is 591. The number of anilines is 1. The van der Waals surface area contributed by atoms with Gasteiger partial charge in [-0.2, -0.15) is 5.26 Å².